The number of alkyl carbamates (subject to hydrolysis) is 1. The number of piperidine rings is 1. The lowest BCUT2D eigenvalue weighted by Crippen LogP contribution is -3.16. The summed E-state index contributed by atoms with van der Waals surface area (Å²) in [4.78, 5) is 51.1. The van der Waals surface area contributed by atoms with Gasteiger partial charge < -0.3 is 15.0 Å². The summed E-state index contributed by atoms with van der Waals surface area (Å²) < 4.78 is 5.61. The molecule has 0 bridgehead atoms. The molecule has 10 rings (SSSR count). The maximum atomic E-state index is 13.0. The van der Waals surface area contributed by atoms with Crippen molar-refractivity contribution in [2.75, 3.05) is 0 Å². The van der Waals surface area contributed by atoms with Gasteiger partial charge in [0.15, 0.2) is 0 Å². The minimum absolute atomic E-state index is 0.0238. The number of ether oxygens (including phenoxy) is 1. The maximum absolute atomic E-state index is 13.0. The summed E-state index contributed by atoms with van der Waals surface area (Å²) in [6, 6.07) is 15.8. The maximum Gasteiger partial charge on any atom is 0.407 e. The Balaban J connectivity index is 0.843. The van der Waals surface area contributed by atoms with Crippen molar-refractivity contribution in [1.29, 1.82) is 0 Å². The van der Waals surface area contributed by atoms with E-state index in [4.69, 9.17) is 4.74 Å². The zero-order valence-electron chi connectivity index (χ0n) is 20.0. The second-order valence-corrected chi connectivity index (χ2v) is 12.0. The summed E-state index contributed by atoms with van der Waals surface area (Å²) in [5, 5.41) is 5.58. The molecular weight excluding hydrogens is 470 g/mol. The van der Waals surface area contributed by atoms with Gasteiger partial charge in [0.05, 0.1) is 5.54 Å². The van der Waals surface area contributed by atoms with Crippen LogP contribution in [0.2, 0.25) is 0 Å². The van der Waals surface area contributed by atoms with E-state index in [0.29, 0.717) is 41.7 Å². The molecule has 1 atom stereocenters. The Morgan fingerprint density at radius 2 is 1.73 bits per heavy atom. The largest absolute Gasteiger partial charge is 0.445 e. The van der Waals surface area contributed by atoms with E-state index in [-0.39, 0.29) is 36.5 Å². The number of fused-ring (bicyclic) bond motifs is 1. The monoisotopic (exact) mass is 495 g/mol. The van der Waals surface area contributed by atoms with Crippen LogP contribution in [0, 0.1) is 35.5 Å². The lowest BCUT2D eigenvalue weighted by molar-refractivity contribution is -0.593. The highest BCUT2D eigenvalue weighted by atomic mass is 16.5. The molecule has 0 spiro atoms. The first-order valence-electron chi connectivity index (χ1n) is 13.2. The van der Waals surface area contributed by atoms with Crippen molar-refractivity contribution in [1.82, 2.24) is 15.5 Å². The average Bonchev–Trinajstić information content (AvgIpc) is 3.23. The minimum Gasteiger partial charge on any atom is -0.445 e. The van der Waals surface area contributed by atoms with Gasteiger partial charge in [-0.05, 0) is 64.7 Å². The Kier molecular flexibility index (Phi) is 3.43. The molecule has 186 valence electrons. The van der Waals surface area contributed by atoms with Crippen LogP contribution in [-0.2, 0) is 32.9 Å². The first-order chi connectivity index (χ1) is 18.0. The molecule has 6 aliphatic carbocycles. The Morgan fingerprint density at radius 1 is 1.00 bits per heavy atom. The summed E-state index contributed by atoms with van der Waals surface area (Å²) in [5.41, 5.74) is 3.99. The summed E-state index contributed by atoms with van der Waals surface area (Å²) in [6.07, 6.45) is 0.186. The third-order valence-corrected chi connectivity index (χ3v) is 11.2. The molecule has 4 amide bonds. The molecule has 2 N–H and O–H groups in total. The van der Waals surface area contributed by atoms with Gasteiger partial charge in [-0.2, -0.15) is 0 Å². The fourth-order valence-electron chi connectivity index (χ4n) is 10.1. The predicted octanol–water partition coefficient (Wildman–Crippen LogP) is 2.12. The quantitative estimate of drug-likeness (QED) is 0.619. The molecular formula is C29H25N3O5. The Bertz CT molecular complexity index is 1410. The van der Waals surface area contributed by atoms with Gasteiger partial charge >= 0.3 is 6.09 Å². The Hall–Kier alpha value is -3.68. The number of carbonyl (C=O) groups is 4. The van der Waals surface area contributed by atoms with Crippen LogP contribution in [0.1, 0.15) is 39.9 Å². The molecule has 2 heterocycles. The van der Waals surface area contributed by atoms with Gasteiger partial charge in [-0.25, -0.2) is 4.79 Å². The molecule has 0 radical (unpaired) electrons. The highest BCUT2D eigenvalue weighted by molar-refractivity contribution is 6.05. The SMILES string of the molecule is O=C1CCC(N2Cc3ccc(COC(=O)NC45C6C7C4C4C5C6C74c4ccccc4)cc3C2=O)C(=O)N1. The summed E-state index contributed by atoms with van der Waals surface area (Å²) in [5.74, 6) is 3.05. The molecule has 7 fully saturated rings. The number of rotatable bonds is 5. The molecule has 1 saturated heterocycles. The molecule has 2 aromatic rings. The first kappa shape index (κ1) is 20.4. The number of benzene rings is 2. The van der Waals surface area contributed by atoms with Crippen LogP contribution in [0.25, 0.3) is 0 Å². The number of nitrogens with one attached hydrogen (secondary N) is 2. The van der Waals surface area contributed by atoms with Crippen molar-refractivity contribution >= 4 is 23.8 Å². The van der Waals surface area contributed by atoms with E-state index in [9.17, 15) is 19.2 Å². The standard InChI is InChI=1S/C29H25N3O5/c33-18-9-8-17(25(34)30-18)32-11-14-7-6-13(10-16(14)26(32)35)12-37-27(36)31-29-22-19-23(29)21-24(29)20(22)28(19,21)15-4-2-1-3-5-15/h1-7,10,17,19-24H,8-9,11-12H2,(H,31,36)(H,30,33,34). The van der Waals surface area contributed by atoms with Crippen LogP contribution in [0.5, 0.6) is 0 Å². The van der Waals surface area contributed by atoms with E-state index in [1.807, 2.05) is 12.1 Å². The molecule has 8 heteroatoms. The van der Waals surface area contributed by atoms with E-state index in [1.54, 1.807) is 6.07 Å². The van der Waals surface area contributed by atoms with E-state index in [2.05, 4.69) is 41.0 Å². The number of amides is 4. The van der Waals surface area contributed by atoms with Crippen LogP contribution in [0.3, 0.4) is 0 Å². The summed E-state index contributed by atoms with van der Waals surface area (Å²) in [6.45, 7) is 0.424. The van der Waals surface area contributed by atoms with Crippen molar-refractivity contribution in [2.24, 2.45) is 35.5 Å². The third-order valence-electron chi connectivity index (χ3n) is 11.2. The number of nitrogens with zero attached hydrogens (tertiary/aromatic N) is 1. The topological polar surface area (TPSA) is 105 Å². The molecule has 8 aliphatic rings. The number of hydrogen-bond acceptors (Lipinski definition) is 5. The van der Waals surface area contributed by atoms with Crippen LogP contribution in [-0.4, -0.2) is 40.3 Å². The van der Waals surface area contributed by atoms with Crippen LogP contribution in [0.15, 0.2) is 48.5 Å². The summed E-state index contributed by atoms with van der Waals surface area (Å²) in [7, 11) is 0. The summed E-state index contributed by atoms with van der Waals surface area (Å²) >= 11 is 0. The van der Waals surface area contributed by atoms with Crippen molar-refractivity contribution in [2.45, 2.75) is 43.0 Å². The molecule has 8 nitrogen and oxygen atoms in total. The zero-order valence-corrected chi connectivity index (χ0v) is 20.0. The molecule has 0 aromatic heterocycles. The molecule has 2 aromatic carbocycles. The van der Waals surface area contributed by atoms with Crippen molar-refractivity contribution in [3.05, 3.63) is 70.8 Å². The van der Waals surface area contributed by atoms with Crippen LogP contribution < -0.4 is 10.6 Å². The van der Waals surface area contributed by atoms with Gasteiger partial charge in [0, 0.05) is 23.9 Å². The lowest BCUT2D eigenvalue weighted by atomic mass is 8.93. The number of imide groups is 1. The number of carbonyl (C=O) groups excluding carboxylic acids is 4. The third kappa shape index (κ3) is 1.99. The van der Waals surface area contributed by atoms with Crippen LogP contribution in [0.4, 0.5) is 4.79 Å². The van der Waals surface area contributed by atoms with E-state index >= 15 is 0 Å². The fraction of sp³-hybridized carbons (Fsp3) is 0.448. The molecule has 37 heavy (non-hydrogen) atoms. The minimum atomic E-state index is -0.638. The second-order valence-electron chi connectivity index (χ2n) is 12.0. The predicted molar refractivity (Wildman–Crippen MR) is 128 cm³/mol. The van der Waals surface area contributed by atoms with Crippen molar-refractivity contribution < 1.29 is 23.9 Å². The number of hydrogen-bond donors (Lipinski definition) is 2. The van der Waals surface area contributed by atoms with Crippen molar-refractivity contribution in [3.8, 4) is 0 Å². The van der Waals surface area contributed by atoms with Crippen molar-refractivity contribution in [3.63, 3.8) is 0 Å². The van der Waals surface area contributed by atoms with E-state index < -0.39 is 11.9 Å². The first-order valence-corrected chi connectivity index (χ1v) is 13.2. The fourth-order valence-corrected chi connectivity index (χ4v) is 10.1. The van der Waals surface area contributed by atoms with E-state index in [0.717, 1.165) is 28.9 Å². The normalized spacial score (nSPS) is 42.2. The highest BCUT2D eigenvalue weighted by Crippen LogP contribution is 3.06. The molecule has 6 saturated carbocycles. The van der Waals surface area contributed by atoms with Gasteiger partial charge in [-0.15, -0.1) is 0 Å². The zero-order chi connectivity index (χ0) is 24.8. The van der Waals surface area contributed by atoms with Crippen LogP contribution >= 0.6 is 0 Å². The van der Waals surface area contributed by atoms with Gasteiger partial charge in [-0.1, -0.05) is 42.5 Å². The Labute approximate surface area is 212 Å². The Morgan fingerprint density at radius 3 is 2.43 bits per heavy atom. The lowest BCUT2D eigenvalue weighted by Gasteiger charge is -3.11. The average molecular weight is 496 g/mol. The van der Waals surface area contributed by atoms with Gasteiger partial charge in [0.1, 0.15) is 12.6 Å². The van der Waals surface area contributed by atoms with Gasteiger partial charge in [0.2, 0.25) is 11.8 Å². The van der Waals surface area contributed by atoms with Gasteiger partial charge in [-0.3, -0.25) is 19.7 Å². The van der Waals surface area contributed by atoms with Gasteiger partial charge in [0.25, 0.3) is 5.91 Å². The molecule has 2 aliphatic heterocycles. The van der Waals surface area contributed by atoms with E-state index in [1.165, 1.54) is 10.5 Å². The second kappa shape index (κ2) is 6.23. The molecule has 1 unspecified atom stereocenters. The smallest absolute Gasteiger partial charge is 0.407 e. The highest BCUT2D eigenvalue weighted by Gasteiger charge is 3.10.